The van der Waals surface area contributed by atoms with Crippen molar-refractivity contribution in [3.05, 3.63) is 0 Å². The summed E-state index contributed by atoms with van der Waals surface area (Å²) < 4.78 is 0. The molecule has 110 valence electrons. The molecule has 0 spiro atoms. The molecule has 0 aliphatic rings. The first-order valence-corrected chi connectivity index (χ1v) is 8.49. The van der Waals surface area contributed by atoms with Gasteiger partial charge >= 0.3 is 0 Å². The van der Waals surface area contributed by atoms with Gasteiger partial charge in [-0.1, -0.05) is 90.9 Å². The molecule has 0 unspecified atom stereocenters. The summed E-state index contributed by atoms with van der Waals surface area (Å²) in [5.41, 5.74) is 0. The fourth-order valence-electron chi connectivity index (χ4n) is 2.46. The van der Waals surface area contributed by atoms with E-state index in [2.05, 4.69) is 13.8 Å². The molecule has 1 N–H and O–H groups in total. The normalized spacial score (nSPS) is 12.8. The molecule has 1 atom stereocenters. The fraction of sp³-hybridized carbons (Fsp3) is 1.00. The molecule has 1 heteroatoms. The maximum absolute atomic E-state index is 9.82. The summed E-state index contributed by atoms with van der Waals surface area (Å²) in [6.45, 7) is 4.50. The molecule has 0 aliphatic heterocycles. The lowest BCUT2D eigenvalue weighted by atomic mass is 10.0. The zero-order valence-corrected chi connectivity index (χ0v) is 12.9. The van der Waals surface area contributed by atoms with Crippen LogP contribution in [-0.2, 0) is 0 Å². The molecule has 0 rings (SSSR count). The van der Waals surface area contributed by atoms with E-state index in [1.807, 2.05) is 0 Å². The lowest BCUT2D eigenvalue weighted by Crippen LogP contribution is -2.05. The Bertz CT molecular complexity index is 145. The Hall–Kier alpha value is -0.0400. The van der Waals surface area contributed by atoms with Crippen LogP contribution in [0.3, 0.4) is 0 Å². The Morgan fingerprint density at radius 2 is 0.889 bits per heavy atom. The van der Waals surface area contributed by atoms with Gasteiger partial charge in [0.15, 0.2) is 0 Å². The molecule has 0 aromatic heterocycles. The van der Waals surface area contributed by atoms with Crippen molar-refractivity contribution in [1.82, 2.24) is 0 Å². The van der Waals surface area contributed by atoms with Crippen LogP contribution in [0.25, 0.3) is 0 Å². The second-order valence-electron chi connectivity index (χ2n) is 5.77. The van der Waals surface area contributed by atoms with Crippen LogP contribution in [0.5, 0.6) is 0 Å². The van der Waals surface area contributed by atoms with Gasteiger partial charge in [-0.05, 0) is 12.8 Å². The molecule has 18 heavy (non-hydrogen) atoms. The van der Waals surface area contributed by atoms with Gasteiger partial charge in [-0.15, -0.1) is 0 Å². The number of hydrogen-bond donors (Lipinski definition) is 1. The quantitative estimate of drug-likeness (QED) is 0.387. The van der Waals surface area contributed by atoms with Crippen LogP contribution in [0.2, 0.25) is 0 Å². The maximum atomic E-state index is 9.82. The summed E-state index contributed by atoms with van der Waals surface area (Å²) in [6.07, 6.45) is 18.0. The molecule has 0 saturated heterocycles. The van der Waals surface area contributed by atoms with Crippen LogP contribution >= 0.6 is 0 Å². The van der Waals surface area contributed by atoms with Gasteiger partial charge in [0.2, 0.25) is 0 Å². The smallest absolute Gasteiger partial charge is 0.0540 e. The number of aliphatic hydroxyl groups excluding tert-OH is 1. The number of hydrogen-bond acceptors (Lipinski definition) is 1. The van der Waals surface area contributed by atoms with Crippen molar-refractivity contribution in [2.24, 2.45) is 0 Å². The average molecular weight is 256 g/mol. The molecule has 0 heterocycles. The van der Waals surface area contributed by atoms with Crippen molar-refractivity contribution in [2.75, 3.05) is 0 Å². The highest BCUT2D eigenvalue weighted by atomic mass is 16.3. The Morgan fingerprint density at radius 1 is 0.556 bits per heavy atom. The molecule has 0 fully saturated rings. The van der Waals surface area contributed by atoms with E-state index < -0.39 is 0 Å². The van der Waals surface area contributed by atoms with Crippen LogP contribution in [-0.4, -0.2) is 11.2 Å². The van der Waals surface area contributed by atoms with Crippen LogP contribution in [0.4, 0.5) is 0 Å². The third-order valence-corrected chi connectivity index (χ3v) is 3.78. The van der Waals surface area contributed by atoms with Gasteiger partial charge in [0, 0.05) is 0 Å². The van der Waals surface area contributed by atoms with Crippen molar-refractivity contribution in [3.63, 3.8) is 0 Å². The second-order valence-corrected chi connectivity index (χ2v) is 5.77. The van der Waals surface area contributed by atoms with Crippen molar-refractivity contribution in [3.8, 4) is 0 Å². The maximum Gasteiger partial charge on any atom is 0.0540 e. The standard InChI is InChI=1S/C17H36O/c1-3-5-7-9-10-11-12-14-16-17(18)15-13-8-6-4-2/h17-18H,3-16H2,1-2H3/t17-/m1/s1. The minimum Gasteiger partial charge on any atom is -0.393 e. The highest BCUT2D eigenvalue weighted by Gasteiger charge is 2.03. The summed E-state index contributed by atoms with van der Waals surface area (Å²) in [5.74, 6) is 0. The lowest BCUT2D eigenvalue weighted by Gasteiger charge is -2.10. The summed E-state index contributed by atoms with van der Waals surface area (Å²) >= 11 is 0. The zero-order valence-electron chi connectivity index (χ0n) is 12.9. The van der Waals surface area contributed by atoms with E-state index in [9.17, 15) is 5.11 Å². The molecule has 0 aromatic rings. The zero-order chi connectivity index (χ0) is 13.5. The fourth-order valence-corrected chi connectivity index (χ4v) is 2.46. The van der Waals surface area contributed by atoms with Gasteiger partial charge in [-0.3, -0.25) is 0 Å². The Morgan fingerprint density at radius 3 is 1.33 bits per heavy atom. The number of rotatable bonds is 14. The van der Waals surface area contributed by atoms with Gasteiger partial charge in [-0.2, -0.15) is 0 Å². The van der Waals surface area contributed by atoms with Crippen molar-refractivity contribution >= 4 is 0 Å². The highest BCUT2D eigenvalue weighted by molar-refractivity contribution is 4.57. The Kier molecular flexibility index (Phi) is 15.0. The van der Waals surface area contributed by atoms with Crippen LogP contribution in [0.1, 0.15) is 104 Å². The van der Waals surface area contributed by atoms with Gasteiger partial charge < -0.3 is 5.11 Å². The van der Waals surface area contributed by atoms with Crippen LogP contribution < -0.4 is 0 Å². The van der Waals surface area contributed by atoms with E-state index in [0.717, 1.165) is 12.8 Å². The molecule has 0 amide bonds. The molecule has 0 saturated carbocycles. The minimum atomic E-state index is -0.0260. The largest absolute Gasteiger partial charge is 0.393 e. The first kappa shape index (κ1) is 18.0. The summed E-state index contributed by atoms with van der Waals surface area (Å²) in [7, 11) is 0. The Balaban J connectivity index is 3.08. The lowest BCUT2D eigenvalue weighted by molar-refractivity contribution is 0.147. The van der Waals surface area contributed by atoms with Gasteiger partial charge in [0.1, 0.15) is 0 Å². The topological polar surface area (TPSA) is 20.2 Å². The third kappa shape index (κ3) is 14.0. The van der Waals surface area contributed by atoms with Crippen LogP contribution in [0, 0.1) is 0 Å². The molecule has 0 radical (unpaired) electrons. The number of unbranched alkanes of at least 4 members (excludes halogenated alkanes) is 10. The van der Waals surface area contributed by atoms with Gasteiger partial charge in [-0.25, -0.2) is 0 Å². The summed E-state index contributed by atoms with van der Waals surface area (Å²) in [4.78, 5) is 0. The van der Waals surface area contributed by atoms with Gasteiger partial charge in [0.25, 0.3) is 0 Å². The first-order valence-electron chi connectivity index (χ1n) is 8.49. The van der Waals surface area contributed by atoms with E-state index in [0.29, 0.717) is 0 Å². The van der Waals surface area contributed by atoms with Gasteiger partial charge in [0.05, 0.1) is 6.10 Å². The second kappa shape index (κ2) is 15.0. The highest BCUT2D eigenvalue weighted by Crippen LogP contribution is 2.13. The van der Waals surface area contributed by atoms with E-state index in [1.54, 1.807) is 0 Å². The predicted octanol–water partition coefficient (Wildman–Crippen LogP) is 5.85. The van der Waals surface area contributed by atoms with E-state index in [4.69, 9.17) is 0 Å². The third-order valence-electron chi connectivity index (χ3n) is 3.78. The Labute approximate surface area is 115 Å². The molecule has 0 bridgehead atoms. The SMILES string of the molecule is CCCCCCCCCC[C@H](O)CCCCCC. The van der Waals surface area contributed by atoms with Crippen molar-refractivity contribution in [2.45, 2.75) is 110 Å². The van der Waals surface area contributed by atoms with Crippen LogP contribution in [0.15, 0.2) is 0 Å². The molecule has 0 aliphatic carbocycles. The number of aliphatic hydroxyl groups is 1. The average Bonchev–Trinajstić information content (AvgIpc) is 2.38. The first-order chi connectivity index (χ1) is 8.81. The molecular weight excluding hydrogens is 220 g/mol. The molecule has 1 nitrogen and oxygen atoms in total. The van der Waals surface area contributed by atoms with E-state index in [1.165, 1.54) is 77.0 Å². The van der Waals surface area contributed by atoms with E-state index >= 15 is 0 Å². The molecule has 0 aromatic carbocycles. The monoisotopic (exact) mass is 256 g/mol. The minimum absolute atomic E-state index is 0.0260. The van der Waals surface area contributed by atoms with Crippen molar-refractivity contribution < 1.29 is 5.11 Å². The predicted molar refractivity (Wildman–Crippen MR) is 82.0 cm³/mol. The van der Waals surface area contributed by atoms with Crippen molar-refractivity contribution in [1.29, 1.82) is 0 Å². The summed E-state index contributed by atoms with van der Waals surface area (Å²) in [6, 6.07) is 0. The summed E-state index contributed by atoms with van der Waals surface area (Å²) in [5, 5.41) is 9.82. The van der Waals surface area contributed by atoms with E-state index in [-0.39, 0.29) is 6.10 Å². The molecular formula is C17H36O.